The van der Waals surface area contributed by atoms with Gasteiger partial charge in [0.1, 0.15) is 0 Å². The van der Waals surface area contributed by atoms with E-state index in [1.54, 1.807) is 35.2 Å². The molecule has 0 aromatic heterocycles. The molecule has 0 fully saturated rings. The van der Waals surface area contributed by atoms with Crippen molar-refractivity contribution in [3.05, 3.63) is 58.1 Å². The Morgan fingerprint density at radius 2 is 1.90 bits per heavy atom. The Bertz CT molecular complexity index is 658. The van der Waals surface area contributed by atoms with E-state index in [0.29, 0.717) is 22.8 Å². The monoisotopic (exact) mass is 322 g/mol. The van der Waals surface area contributed by atoms with Gasteiger partial charge >= 0.3 is 0 Å². The molecule has 0 atom stereocenters. The van der Waals surface area contributed by atoms with E-state index in [0.717, 1.165) is 12.1 Å². The van der Waals surface area contributed by atoms with Gasteiger partial charge in [-0.15, -0.1) is 0 Å². The summed E-state index contributed by atoms with van der Waals surface area (Å²) >= 11 is 12.1. The lowest BCUT2D eigenvalue weighted by Crippen LogP contribution is -2.32. The molecule has 0 aliphatic rings. The van der Waals surface area contributed by atoms with E-state index in [-0.39, 0.29) is 10.9 Å². The Morgan fingerprint density at radius 3 is 2.57 bits per heavy atom. The second kappa shape index (κ2) is 6.83. The van der Waals surface area contributed by atoms with Gasteiger partial charge in [-0.2, -0.15) is 0 Å². The SMILES string of the molecule is CCCN(C(=O)c1cccc(Cl)c1Cl)c1cccc(N)c1. The predicted octanol–water partition coefficient (Wildman–Crippen LogP) is 4.63. The number of amides is 1. The summed E-state index contributed by atoms with van der Waals surface area (Å²) in [5.41, 5.74) is 7.55. The van der Waals surface area contributed by atoms with Crippen molar-refractivity contribution in [2.24, 2.45) is 0 Å². The maximum absolute atomic E-state index is 12.8. The van der Waals surface area contributed by atoms with Crippen LogP contribution in [0.1, 0.15) is 23.7 Å². The molecule has 0 saturated heterocycles. The van der Waals surface area contributed by atoms with Crippen molar-refractivity contribution < 1.29 is 4.79 Å². The zero-order valence-corrected chi connectivity index (χ0v) is 13.2. The average molecular weight is 323 g/mol. The number of benzene rings is 2. The molecule has 2 aromatic carbocycles. The minimum atomic E-state index is -0.185. The van der Waals surface area contributed by atoms with E-state index in [2.05, 4.69) is 0 Å². The highest BCUT2D eigenvalue weighted by Crippen LogP contribution is 2.28. The Morgan fingerprint density at radius 1 is 1.19 bits per heavy atom. The molecular weight excluding hydrogens is 307 g/mol. The van der Waals surface area contributed by atoms with Crippen LogP contribution >= 0.6 is 23.2 Å². The first-order valence-corrected chi connectivity index (χ1v) is 7.41. The lowest BCUT2D eigenvalue weighted by Gasteiger charge is -2.23. The number of nitrogens with zero attached hydrogens (tertiary/aromatic N) is 1. The summed E-state index contributed by atoms with van der Waals surface area (Å²) in [7, 11) is 0. The third-order valence-corrected chi connectivity index (χ3v) is 3.88. The molecule has 0 aliphatic carbocycles. The molecule has 0 heterocycles. The number of hydrogen-bond donors (Lipinski definition) is 1. The third-order valence-electron chi connectivity index (χ3n) is 3.06. The van der Waals surface area contributed by atoms with Crippen LogP contribution in [0.4, 0.5) is 11.4 Å². The lowest BCUT2D eigenvalue weighted by molar-refractivity contribution is 0.0987. The summed E-state index contributed by atoms with van der Waals surface area (Å²) in [5, 5.41) is 0.640. The summed E-state index contributed by atoms with van der Waals surface area (Å²) < 4.78 is 0. The summed E-state index contributed by atoms with van der Waals surface area (Å²) in [6, 6.07) is 12.3. The predicted molar refractivity (Wildman–Crippen MR) is 89.3 cm³/mol. The van der Waals surface area contributed by atoms with Gasteiger partial charge in [0.25, 0.3) is 5.91 Å². The zero-order valence-electron chi connectivity index (χ0n) is 11.6. The van der Waals surface area contributed by atoms with Crippen LogP contribution in [0.15, 0.2) is 42.5 Å². The highest BCUT2D eigenvalue weighted by Gasteiger charge is 2.20. The molecule has 0 saturated carbocycles. The summed E-state index contributed by atoms with van der Waals surface area (Å²) in [4.78, 5) is 14.4. The molecule has 3 nitrogen and oxygen atoms in total. The maximum atomic E-state index is 12.8. The first-order chi connectivity index (χ1) is 10.0. The first-order valence-electron chi connectivity index (χ1n) is 6.66. The lowest BCUT2D eigenvalue weighted by atomic mass is 10.1. The number of anilines is 2. The largest absolute Gasteiger partial charge is 0.399 e. The Balaban J connectivity index is 2.42. The third kappa shape index (κ3) is 3.49. The van der Waals surface area contributed by atoms with Crippen molar-refractivity contribution in [2.45, 2.75) is 13.3 Å². The molecule has 0 spiro atoms. The molecule has 0 aliphatic heterocycles. The first kappa shape index (κ1) is 15.7. The highest BCUT2D eigenvalue weighted by atomic mass is 35.5. The van der Waals surface area contributed by atoms with Gasteiger partial charge in [-0.3, -0.25) is 4.79 Å². The standard InChI is InChI=1S/C16H16Cl2N2O/c1-2-9-20(12-6-3-5-11(19)10-12)16(21)13-7-4-8-14(17)15(13)18/h3-8,10H,2,9,19H2,1H3. The number of hydrogen-bond acceptors (Lipinski definition) is 2. The van der Waals surface area contributed by atoms with Crippen LogP contribution in [0.5, 0.6) is 0 Å². The van der Waals surface area contributed by atoms with E-state index in [4.69, 9.17) is 28.9 Å². The molecule has 0 radical (unpaired) electrons. The fraction of sp³-hybridized carbons (Fsp3) is 0.188. The minimum absolute atomic E-state index is 0.185. The van der Waals surface area contributed by atoms with Crippen molar-refractivity contribution in [1.29, 1.82) is 0 Å². The Labute approximate surface area is 134 Å². The fourth-order valence-corrected chi connectivity index (χ4v) is 2.46. The van der Waals surface area contributed by atoms with Crippen LogP contribution < -0.4 is 10.6 Å². The number of carbonyl (C=O) groups excluding carboxylic acids is 1. The van der Waals surface area contributed by atoms with E-state index >= 15 is 0 Å². The number of carbonyl (C=O) groups is 1. The summed E-state index contributed by atoms with van der Waals surface area (Å²) in [6.45, 7) is 2.58. The molecular formula is C16H16Cl2N2O. The molecule has 21 heavy (non-hydrogen) atoms. The number of nitrogens with two attached hydrogens (primary N) is 1. The van der Waals surface area contributed by atoms with Crippen LogP contribution in [-0.4, -0.2) is 12.5 Å². The van der Waals surface area contributed by atoms with Crippen molar-refractivity contribution in [2.75, 3.05) is 17.2 Å². The zero-order chi connectivity index (χ0) is 15.4. The molecule has 2 aromatic rings. The highest BCUT2D eigenvalue weighted by molar-refractivity contribution is 6.44. The molecule has 2 rings (SSSR count). The summed E-state index contributed by atoms with van der Waals surface area (Å²) in [6.07, 6.45) is 0.818. The molecule has 0 bridgehead atoms. The summed E-state index contributed by atoms with van der Waals surface area (Å²) in [5.74, 6) is -0.185. The minimum Gasteiger partial charge on any atom is -0.399 e. The van der Waals surface area contributed by atoms with E-state index in [1.807, 2.05) is 19.1 Å². The average Bonchev–Trinajstić information content (AvgIpc) is 2.47. The molecule has 5 heteroatoms. The van der Waals surface area contributed by atoms with Crippen molar-refractivity contribution >= 4 is 40.5 Å². The fourth-order valence-electron chi connectivity index (χ4n) is 2.08. The molecule has 1 amide bonds. The van der Waals surface area contributed by atoms with Gasteiger partial charge in [-0.25, -0.2) is 0 Å². The van der Waals surface area contributed by atoms with Gasteiger partial charge in [0.2, 0.25) is 0 Å². The maximum Gasteiger partial charge on any atom is 0.259 e. The smallest absolute Gasteiger partial charge is 0.259 e. The van der Waals surface area contributed by atoms with Crippen molar-refractivity contribution in [1.82, 2.24) is 0 Å². The topological polar surface area (TPSA) is 46.3 Å². The molecule has 2 N–H and O–H groups in total. The molecule has 0 unspecified atom stereocenters. The van der Waals surface area contributed by atoms with Gasteiger partial charge in [0.05, 0.1) is 15.6 Å². The Hall–Kier alpha value is -1.71. The number of nitrogen functional groups attached to an aromatic ring is 1. The van der Waals surface area contributed by atoms with E-state index in [9.17, 15) is 4.79 Å². The number of halogens is 2. The van der Waals surface area contributed by atoms with E-state index < -0.39 is 0 Å². The normalized spacial score (nSPS) is 10.4. The van der Waals surface area contributed by atoms with Crippen LogP contribution in [0, 0.1) is 0 Å². The molecule has 110 valence electrons. The van der Waals surface area contributed by atoms with Crippen LogP contribution in [0.2, 0.25) is 10.0 Å². The quantitative estimate of drug-likeness (QED) is 0.834. The van der Waals surface area contributed by atoms with Gasteiger partial charge in [-0.05, 0) is 36.8 Å². The Kier molecular flexibility index (Phi) is 5.10. The van der Waals surface area contributed by atoms with E-state index in [1.165, 1.54) is 0 Å². The van der Waals surface area contributed by atoms with Crippen molar-refractivity contribution in [3.63, 3.8) is 0 Å². The van der Waals surface area contributed by atoms with Crippen molar-refractivity contribution in [3.8, 4) is 0 Å². The number of rotatable bonds is 4. The van der Waals surface area contributed by atoms with Crippen LogP contribution in [0.3, 0.4) is 0 Å². The van der Waals surface area contributed by atoms with Gasteiger partial charge in [-0.1, -0.05) is 42.3 Å². The van der Waals surface area contributed by atoms with Gasteiger partial charge < -0.3 is 10.6 Å². The van der Waals surface area contributed by atoms with Crippen LogP contribution in [0.25, 0.3) is 0 Å². The second-order valence-electron chi connectivity index (χ2n) is 4.65. The second-order valence-corrected chi connectivity index (χ2v) is 5.44. The van der Waals surface area contributed by atoms with Gasteiger partial charge in [0.15, 0.2) is 0 Å². The van der Waals surface area contributed by atoms with Gasteiger partial charge in [0, 0.05) is 17.9 Å². The van der Waals surface area contributed by atoms with Crippen LogP contribution in [-0.2, 0) is 0 Å².